The Morgan fingerprint density at radius 3 is 1.98 bits per heavy atom. The van der Waals surface area contributed by atoms with E-state index in [0.29, 0.717) is 25.2 Å². The molecule has 0 N–H and O–H groups in total. The van der Waals surface area contributed by atoms with Gasteiger partial charge in [0.15, 0.2) is 6.61 Å². The van der Waals surface area contributed by atoms with Gasteiger partial charge in [-0.05, 0) is 39.7 Å². The molecule has 1 aliphatic carbocycles. The first-order valence-corrected chi connectivity index (χ1v) is 15.8. The van der Waals surface area contributed by atoms with Crippen molar-refractivity contribution in [1.82, 2.24) is 0 Å². The SMILES string of the molecule is CC(C)(C)[Si](O[C@@H]1CC(/C(C#N)=C/OCC#N)C[C@H]1COCc1ccccc1)(c1ccccc1)c1ccccc1. The number of hydrogen-bond donors (Lipinski definition) is 0. The van der Waals surface area contributed by atoms with Crippen molar-refractivity contribution < 1.29 is 13.9 Å². The lowest BCUT2D eigenvalue weighted by Gasteiger charge is -2.45. The fraction of sp³-hybridized carbons (Fsp3) is 0.353. The van der Waals surface area contributed by atoms with Crippen LogP contribution in [0.3, 0.4) is 0 Å². The largest absolute Gasteiger partial charge is 0.485 e. The van der Waals surface area contributed by atoms with Gasteiger partial charge < -0.3 is 13.9 Å². The number of hydrogen-bond acceptors (Lipinski definition) is 5. The Labute approximate surface area is 239 Å². The minimum atomic E-state index is -2.80. The van der Waals surface area contributed by atoms with Crippen LogP contribution in [-0.2, 0) is 20.5 Å². The molecule has 1 saturated carbocycles. The van der Waals surface area contributed by atoms with Crippen molar-refractivity contribution in [2.75, 3.05) is 13.2 Å². The molecule has 40 heavy (non-hydrogen) atoms. The smallest absolute Gasteiger partial charge is 0.261 e. The van der Waals surface area contributed by atoms with Crippen LogP contribution in [0.5, 0.6) is 0 Å². The zero-order valence-corrected chi connectivity index (χ0v) is 24.6. The van der Waals surface area contributed by atoms with Crippen LogP contribution in [0.1, 0.15) is 39.2 Å². The summed E-state index contributed by atoms with van der Waals surface area (Å²) in [5, 5.41) is 21.2. The molecule has 5 nitrogen and oxygen atoms in total. The first-order chi connectivity index (χ1) is 19.4. The molecule has 0 bridgehead atoms. The molecule has 0 aromatic heterocycles. The van der Waals surface area contributed by atoms with Gasteiger partial charge in [-0.1, -0.05) is 112 Å². The van der Waals surface area contributed by atoms with Crippen LogP contribution in [0.4, 0.5) is 0 Å². The van der Waals surface area contributed by atoms with Crippen LogP contribution in [0, 0.1) is 34.5 Å². The highest BCUT2D eigenvalue weighted by molar-refractivity contribution is 6.99. The van der Waals surface area contributed by atoms with E-state index in [4.69, 9.17) is 19.2 Å². The molecule has 3 aromatic rings. The highest BCUT2D eigenvalue weighted by Crippen LogP contribution is 2.44. The van der Waals surface area contributed by atoms with Crippen molar-refractivity contribution in [1.29, 1.82) is 10.5 Å². The average Bonchev–Trinajstić information content (AvgIpc) is 3.37. The summed E-state index contributed by atoms with van der Waals surface area (Å²) in [5.41, 5.74) is 1.68. The van der Waals surface area contributed by atoms with Crippen molar-refractivity contribution in [2.24, 2.45) is 11.8 Å². The van der Waals surface area contributed by atoms with Crippen LogP contribution in [0.25, 0.3) is 0 Å². The van der Waals surface area contributed by atoms with Gasteiger partial charge in [0.1, 0.15) is 6.07 Å². The topological polar surface area (TPSA) is 75.3 Å². The van der Waals surface area contributed by atoms with E-state index >= 15 is 0 Å². The highest BCUT2D eigenvalue weighted by atomic mass is 28.4. The molecule has 1 unspecified atom stereocenters. The van der Waals surface area contributed by atoms with Crippen molar-refractivity contribution in [3.8, 4) is 12.1 Å². The number of rotatable bonds is 11. The van der Waals surface area contributed by atoms with E-state index in [-0.39, 0.29) is 29.6 Å². The van der Waals surface area contributed by atoms with Gasteiger partial charge in [0, 0.05) is 5.92 Å². The van der Waals surface area contributed by atoms with E-state index in [1.54, 1.807) is 0 Å². The Morgan fingerprint density at radius 2 is 1.45 bits per heavy atom. The Bertz CT molecular complexity index is 1290. The molecule has 1 aliphatic rings. The maximum atomic E-state index is 9.96. The molecular formula is C34H38N2O3Si. The summed E-state index contributed by atoms with van der Waals surface area (Å²) in [6.07, 6.45) is 2.80. The Kier molecular flexibility index (Phi) is 9.96. The second kappa shape index (κ2) is 13.6. The highest BCUT2D eigenvalue weighted by Gasteiger charge is 2.53. The van der Waals surface area contributed by atoms with Crippen LogP contribution in [0.15, 0.2) is 103 Å². The lowest BCUT2D eigenvalue weighted by molar-refractivity contribution is 0.0427. The Morgan fingerprint density at radius 1 is 0.875 bits per heavy atom. The summed E-state index contributed by atoms with van der Waals surface area (Å²) in [7, 11) is -2.80. The molecular weight excluding hydrogens is 512 g/mol. The molecule has 4 rings (SSSR count). The molecule has 6 heteroatoms. The van der Waals surface area contributed by atoms with Gasteiger partial charge in [-0.25, -0.2) is 0 Å². The second-order valence-corrected chi connectivity index (χ2v) is 15.7. The van der Waals surface area contributed by atoms with E-state index < -0.39 is 8.32 Å². The minimum absolute atomic E-state index is 0.0303. The van der Waals surface area contributed by atoms with Crippen LogP contribution >= 0.6 is 0 Å². The summed E-state index contributed by atoms with van der Waals surface area (Å²) < 4.78 is 19.1. The summed E-state index contributed by atoms with van der Waals surface area (Å²) >= 11 is 0. The molecule has 3 aromatic carbocycles. The van der Waals surface area contributed by atoms with E-state index in [9.17, 15) is 5.26 Å². The van der Waals surface area contributed by atoms with E-state index in [2.05, 4.69) is 87.5 Å². The third kappa shape index (κ3) is 6.72. The van der Waals surface area contributed by atoms with Gasteiger partial charge >= 0.3 is 0 Å². The van der Waals surface area contributed by atoms with E-state index in [1.165, 1.54) is 16.6 Å². The van der Waals surface area contributed by atoms with Crippen molar-refractivity contribution >= 4 is 18.7 Å². The van der Waals surface area contributed by atoms with Gasteiger partial charge in [-0.15, -0.1) is 0 Å². The first-order valence-electron chi connectivity index (χ1n) is 13.9. The first kappa shape index (κ1) is 29.3. The second-order valence-electron chi connectivity index (χ2n) is 11.4. The van der Waals surface area contributed by atoms with Crippen LogP contribution in [0.2, 0.25) is 5.04 Å². The number of ether oxygens (including phenoxy) is 2. The van der Waals surface area contributed by atoms with E-state index in [1.807, 2.05) is 36.4 Å². The molecule has 3 atom stereocenters. The fourth-order valence-electron chi connectivity index (χ4n) is 5.86. The number of nitriles is 2. The molecule has 0 amide bonds. The average molecular weight is 551 g/mol. The predicted octanol–water partition coefficient (Wildman–Crippen LogP) is 6.12. The number of nitrogens with zero attached hydrogens (tertiary/aromatic N) is 2. The number of benzene rings is 3. The molecule has 0 aliphatic heterocycles. The third-order valence-corrected chi connectivity index (χ3v) is 12.8. The van der Waals surface area contributed by atoms with Gasteiger partial charge in [0.25, 0.3) is 8.32 Å². The predicted molar refractivity (Wildman–Crippen MR) is 160 cm³/mol. The summed E-state index contributed by atoms with van der Waals surface area (Å²) in [5.74, 6) is 0.0697. The zero-order chi connectivity index (χ0) is 28.4. The van der Waals surface area contributed by atoms with Crippen LogP contribution in [-0.4, -0.2) is 27.6 Å². The summed E-state index contributed by atoms with van der Waals surface area (Å²) in [4.78, 5) is 0. The summed E-state index contributed by atoms with van der Waals surface area (Å²) in [6, 6.07) is 35.7. The third-order valence-electron chi connectivity index (χ3n) is 7.75. The Hall–Kier alpha value is -3.68. The molecule has 206 valence electrons. The van der Waals surface area contributed by atoms with Gasteiger partial charge in [-0.2, -0.15) is 10.5 Å². The maximum Gasteiger partial charge on any atom is 0.261 e. The van der Waals surface area contributed by atoms with Crippen LogP contribution < -0.4 is 10.4 Å². The van der Waals surface area contributed by atoms with Crippen molar-refractivity contribution in [3.05, 3.63) is 108 Å². The molecule has 0 spiro atoms. The van der Waals surface area contributed by atoms with Gasteiger partial charge in [0.05, 0.1) is 37.2 Å². The molecule has 1 fully saturated rings. The zero-order valence-electron chi connectivity index (χ0n) is 23.6. The molecule has 0 radical (unpaired) electrons. The lowest BCUT2D eigenvalue weighted by atomic mass is 9.98. The quantitative estimate of drug-likeness (QED) is 0.124. The summed E-state index contributed by atoms with van der Waals surface area (Å²) in [6.45, 7) is 7.82. The van der Waals surface area contributed by atoms with Gasteiger partial charge in [-0.3, -0.25) is 0 Å². The van der Waals surface area contributed by atoms with Gasteiger partial charge in [0.2, 0.25) is 0 Å². The molecule has 0 saturated heterocycles. The monoisotopic (exact) mass is 550 g/mol. The number of allylic oxidation sites excluding steroid dienone is 1. The van der Waals surface area contributed by atoms with Crippen molar-refractivity contribution in [3.63, 3.8) is 0 Å². The van der Waals surface area contributed by atoms with E-state index in [0.717, 1.165) is 12.0 Å². The fourth-order valence-corrected chi connectivity index (χ4v) is 10.6. The maximum absolute atomic E-state index is 9.96. The lowest BCUT2D eigenvalue weighted by Crippen LogP contribution is -2.68. The Balaban J connectivity index is 1.70. The minimum Gasteiger partial charge on any atom is -0.485 e. The normalized spacial score (nSPS) is 19.5. The van der Waals surface area contributed by atoms with Crippen molar-refractivity contribution in [2.45, 2.75) is 51.4 Å². The molecule has 0 heterocycles. The standard InChI is InChI=1S/C34H38N2O3Si/c1-34(2,3)40(31-15-9-5-10-16-31,32-17-11-6-12-18-32)39-33-22-28(30(23-36)26-37-20-19-35)21-29(33)25-38-24-27-13-7-4-8-14-27/h4-18,26,28-29,33H,20-22,24-25H2,1-3H3/b30-26+/t28?,29-,33+/m0/s1.